The second kappa shape index (κ2) is 3.97. The van der Waals surface area contributed by atoms with Crippen LogP contribution in [0.15, 0.2) is 24.3 Å². The van der Waals surface area contributed by atoms with Crippen molar-refractivity contribution in [3.63, 3.8) is 0 Å². The lowest BCUT2D eigenvalue weighted by molar-refractivity contribution is 0.102. The zero-order chi connectivity index (χ0) is 11.5. The zero-order valence-electron chi connectivity index (χ0n) is 8.45. The van der Waals surface area contributed by atoms with Crippen LogP contribution >= 0.6 is 0 Å². The molecule has 2 rings (SSSR count). The number of nitrogens with zero attached hydrogens (tertiary/aromatic N) is 4. The quantitative estimate of drug-likeness (QED) is 0.750. The lowest BCUT2D eigenvalue weighted by Crippen LogP contribution is -2.13. The molecule has 1 amide bonds. The number of benzene rings is 1. The molecule has 1 aromatic carbocycles. The van der Waals surface area contributed by atoms with Gasteiger partial charge in [0.2, 0.25) is 0 Å². The molecule has 7 nitrogen and oxygen atoms in total. The minimum Gasteiger partial charge on any atom is -0.508 e. The third-order valence-corrected chi connectivity index (χ3v) is 1.86. The van der Waals surface area contributed by atoms with E-state index >= 15 is 0 Å². The van der Waals surface area contributed by atoms with Crippen LogP contribution in [-0.2, 0) is 7.05 Å². The van der Waals surface area contributed by atoms with Crippen LogP contribution in [-0.4, -0.2) is 31.2 Å². The number of aryl methyl sites for hydroxylation is 1. The Morgan fingerprint density at radius 2 is 2.06 bits per heavy atom. The van der Waals surface area contributed by atoms with Gasteiger partial charge in [0.15, 0.2) is 0 Å². The minimum absolute atomic E-state index is 0.106. The third kappa shape index (κ3) is 2.14. The van der Waals surface area contributed by atoms with Gasteiger partial charge in [-0.1, -0.05) is 5.10 Å². The fraction of sp³-hybridized carbons (Fsp3) is 0.111. The molecule has 2 N–H and O–H groups in total. The number of amides is 1. The van der Waals surface area contributed by atoms with Crippen LogP contribution in [0.4, 0.5) is 5.95 Å². The highest BCUT2D eigenvalue weighted by atomic mass is 16.3. The first-order valence-electron chi connectivity index (χ1n) is 4.49. The highest BCUT2D eigenvalue weighted by Gasteiger charge is 2.08. The van der Waals surface area contributed by atoms with E-state index in [0.717, 1.165) is 0 Å². The molecule has 0 bridgehead atoms. The Labute approximate surface area is 90.7 Å². The Morgan fingerprint density at radius 3 is 2.62 bits per heavy atom. The van der Waals surface area contributed by atoms with Crippen molar-refractivity contribution in [2.24, 2.45) is 7.05 Å². The molecule has 82 valence electrons. The summed E-state index contributed by atoms with van der Waals surface area (Å²) in [6.07, 6.45) is 0. The van der Waals surface area contributed by atoms with Crippen molar-refractivity contribution in [2.75, 3.05) is 5.32 Å². The van der Waals surface area contributed by atoms with Crippen LogP contribution in [0.2, 0.25) is 0 Å². The van der Waals surface area contributed by atoms with Gasteiger partial charge >= 0.3 is 0 Å². The molecule has 0 aliphatic carbocycles. The predicted octanol–water partition coefficient (Wildman–Crippen LogP) is 0.168. The summed E-state index contributed by atoms with van der Waals surface area (Å²) in [5, 5.41) is 22.5. The lowest BCUT2D eigenvalue weighted by atomic mass is 10.2. The largest absolute Gasteiger partial charge is 0.508 e. The maximum Gasteiger partial charge on any atom is 0.270 e. The maximum atomic E-state index is 11.6. The van der Waals surface area contributed by atoms with Gasteiger partial charge < -0.3 is 5.11 Å². The standard InChI is InChI=1S/C9H9N5O2/c1-14-12-9(11-13-14)10-8(16)6-2-4-7(15)5-3-6/h2-5,15H,1H3,(H,10,12,16). The smallest absolute Gasteiger partial charge is 0.270 e. The Morgan fingerprint density at radius 1 is 1.38 bits per heavy atom. The van der Waals surface area contributed by atoms with Gasteiger partial charge in [-0.15, -0.1) is 5.10 Å². The Bertz CT molecular complexity index is 505. The number of rotatable bonds is 2. The maximum absolute atomic E-state index is 11.6. The normalized spacial score (nSPS) is 10.1. The number of anilines is 1. The SMILES string of the molecule is Cn1nnc(NC(=O)c2ccc(O)cc2)n1. The van der Waals surface area contributed by atoms with Crippen molar-refractivity contribution in [1.82, 2.24) is 20.2 Å². The zero-order valence-corrected chi connectivity index (χ0v) is 8.45. The molecular formula is C9H9N5O2. The van der Waals surface area contributed by atoms with E-state index in [0.29, 0.717) is 5.56 Å². The van der Waals surface area contributed by atoms with Gasteiger partial charge in [0, 0.05) is 5.56 Å². The molecule has 0 atom stereocenters. The molecule has 0 radical (unpaired) electrons. The minimum atomic E-state index is -0.354. The van der Waals surface area contributed by atoms with Crippen molar-refractivity contribution < 1.29 is 9.90 Å². The predicted molar refractivity (Wildman–Crippen MR) is 54.9 cm³/mol. The molecule has 0 saturated heterocycles. The summed E-state index contributed by atoms with van der Waals surface area (Å²) in [7, 11) is 1.60. The van der Waals surface area contributed by atoms with Crippen LogP contribution < -0.4 is 5.32 Å². The summed E-state index contributed by atoms with van der Waals surface area (Å²) in [5.74, 6) is -0.109. The van der Waals surface area contributed by atoms with Crippen LogP contribution in [0.1, 0.15) is 10.4 Å². The Balaban J connectivity index is 2.11. The molecule has 0 aliphatic rings. The van der Waals surface area contributed by atoms with Crippen molar-refractivity contribution >= 4 is 11.9 Å². The van der Waals surface area contributed by atoms with Gasteiger partial charge in [-0.3, -0.25) is 10.1 Å². The van der Waals surface area contributed by atoms with E-state index in [1.165, 1.54) is 29.1 Å². The molecule has 1 heterocycles. The van der Waals surface area contributed by atoms with Crippen LogP contribution in [0.5, 0.6) is 5.75 Å². The number of carbonyl (C=O) groups is 1. The number of carbonyl (C=O) groups excluding carboxylic acids is 1. The summed E-state index contributed by atoms with van der Waals surface area (Å²) >= 11 is 0. The summed E-state index contributed by atoms with van der Waals surface area (Å²) in [4.78, 5) is 12.9. The molecule has 16 heavy (non-hydrogen) atoms. The molecule has 2 aromatic rings. The first-order valence-corrected chi connectivity index (χ1v) is 4.49. The fourth-order valence-corrected chi connectivity index (χ4v) is 1.12. The van der Waals surface area contributed by atoms with E-state index in [4.69, 9.17) is 5.11 Å². The van der Waals surface area contributed by atoms with E-state index < -0.39 is 0 Å². The number of phenols is 1. The van der Waals surface area contributed by atoms with Gasteiger partial charge in [0.25, 0.3) is 11.9 Å². The first-order chi connectivity index (χ1) is 7.65. The summed E-state index contributed by atoms with van der Waals surface area (Å²) in [6.45, 7) is 0. The molecule has 0 aliphatic heterocycles. The topological polar surface area (TPSA) is 92.9 Å². The van der Waals surface area contributed by atoms with Gasteiger partial charge in [-0.25, -0.2) is 0 Å². The van der Waals surface area contributed by atoms with Crippen LogP contribution in [0, 0.1) is 0 Å². The molecule has 0 fully saturated rings. The van der Waals surface area contributed by atoms with E-state index in [1.807, 2.05) is 0 Å². The molecule has 0 saturated carbocycles. The molecule has 0 spiro atoms. The van der Waals surface area contributed by atoms with Crippen LogP contribution in [0.3, 0.4) is 0 Å². The van der Waals surface area contributed by atoms with Gasteiger partial charge in [0.1, 0.15) is 5.75 Å². The van der Waals surface area contributed by atoms with E-state index in [9.17, 15) is 4.79 Å². The third-order valence-electron chi connectivity index (χ3n) is 1.86. The number of nitrogens with one attached hydrogen (secondary N) is 1. The van der Waals surface area contributed by atoms with E-state index in [1.54, 1.807) is 7.05 Å². The monoisotopic (exact) mass is 219 g/mol. The second-order valence-corrected chi connectivity index (χ2v) is 3.10. The van der Waals surface area contributed by atoms with Gasteiger partial charge in [-0.2, -0.15) is 4.80 Å². The van der Waals surface area contributed by atoms with Gasteiger partial charge in [-0.05, 0) is 29.5 Å². The molecule has 7 heteroatoms. The highest BCUT2D eigenvalue weighted by Crippen LogP contribution is 2.10. The van der Waals surface area contributed by atoms with Crippen molar-refractivity contribution in [3.05, 3.63) is 29.8 Å². The van der Waals surface area contributed by atoms with Crippen LogP contribution in [0.25, 0.3) is 0 Å². The second-order valence-electron chi connectivity index (χ2n) is 3.10. The first kappa shape index (κ1) is 10.1. The number of hydrogen-bond donors (Lipinski definition) is 2. The van der Waals surface area contributed by atoms with E-state index in [-0.39, 0.29) is 17.6 Å². The number of phenolic OH excluding ortho intramolecular Hbond substituents is 1. The summed E-state index contributed by atoms with van der Waals surface area (Å²) < 4.78 is 0. The summed E-state index contributed by atoms with van der Waals surface area (Å²) in [5.41, 5.74) is 0.408. The van der Waals surface area contributed by atoms with Gasteiger partial charge in [0.05, 0.1) is 7.05 Å². The number of hydrogen-bond acceptors (Lipinski definition) is 5. The van der Waals surface area contributed by atoms with E-state index in [2.05, 4.69) is 20.7 Å². The summed E-state index contributed by atoms with van der Waals surface area (Å²) in [6, 6.07) is 5.86. The Kier molecular flexibility index (Phi) is 2.50. The molecule has 1 aromatic heterocycles. The van der Waals surface area contributed by atoms with Crippen molar-refractivity contribution in [2.45, 2.75) is 0 Å². The Hall–Kier alpha value is -2.44. The lowest BCUT2D eigenvalue weighted by Gasteiger charge is -2.00. The average Bonchev–Trinajstić information content (AvgIpc) is 2.65. The highest BCUT2D eigenvalue weighted by molar-refractivity contribution is 6.03. The fourth-order valence-electron chi connectivity index (χ4n) is 1.12. The van der Waals surface area contributed by atoms with Crippen molar-refractivity contribution in [3.8, 4) is 5.75 Å². The number of aromatic nitrogens is 4. The number of aromatic hydroxyl groups is 1. The molecular weight excluding hydrogens is 210 g/mol. The average molecular weight is 219 g/mol. The van der Waals surface area contributed by atoms with Crippen molar-refractivity contribution in [1.29, 1.82) is 0 Å². The number of tetrazole rings is 1. The molecule has 0 unspecified atom stereocenters.